The number of nitrogens with zero attached hydrogens (tertiary/aromatic N) is 1. The van der Waals surface area contributed by atoms with E-state index in [4.69, 9.17) is 24.7 Å². The van der Waals surface area contributed by atoms with Crippen molar-refractivity contribution in [2.75, 3.05) is 28.4 Å². The summed E-state index contributed by atoms with van der Waals surface area (Å²) in [6.07, 6.45) is 2.35. The van der Waals surface area contributed by atoms with Crippen molar-refractivity contribution in [2.24, 2.45) is 11.1 Å². The maximum atomic E-state index is 16.8. The van der Waals surface area contributed by atoms with Crippen LogP contribution in [0.4, 0.5) is 0 Å². The number of rotatable bonds is 18. The predicted molar refractivity (Wildman–Crippen MR) is 247 cm³/mol. The third-order valence-corrected chi connectivity index (χ3v) is 13.1. The van der Waals surface area contributed by atoms with E-state index in [1.807, 2.05) is 84.9 Å². The molecule has 64 heavy (non-hydrogen) atoms. The lowest BCUT2D eigenvalue weighted by atomic mass is 9.68. The molecule has 0 radical (unpaired) electrons. The van der Waals surface area contributed by atoms with Crippen LogP contribution in [0.25, 0.3) is 0 Å². The lowest BCUT2D eigenvalue weighted by Gasteiger charge is -2.54. The zero-order chi connectivity index (χ0) is 45.3. The molecular formula is C54H58N2O8. The van der Waals surface area contributed by atoms with Gasteiger partial charge in [0.05, 0.1) is 40.5 Å². The Morgan fingerprint density at radius 3 is 1.11 bits per heavy atom. The van der Waals surface area contributed by atoms with Crippen LogP contribution in [0.1, 0.15) is 65.5 Å². The number of nitrogens with two attached hydrogens (primary N) is 1. The molecule has 0 bridgehead atoms. The number of hydrogen-bond donors (Lipinski definition) is 3. The highest BCUT2D eigenvalue weighted by atomic mass is 16.5. The van der Waals surface area contributed by atoms with E-state index in [9.17, 15) is 15.0 Å². The van der Waals surface area contributed by atoms with Crippen molar-refractivity contribution >= 4 is 11.8 Å². The molecule has 4 N–H and O–H groups in total. The van der Waals surface area contributed by atoms with E-state index in [0.717, 1.165) is 17.5 Å². The number of ether oxygens (including phenoxy) is 4. The number of carbonyl (C=O) groups is 2. The van der Waals surface area contributed by atoms with Crippen LogP contribution in [0.3, 0.4) is 0 Å². The molecule has 7 rings (SSSR count). The Bertz CT molecular complexity index is 2260. The summed E-state index contributed by atoms with van der Waals surface area (Å²) in [6.45, 7) is 0. The van der Waals surface area contributed by atoms with E-state index in [-0.39, 0.29) is 25.7 Å². The van der Waals surface area contributed by atoms with Crippen LogP contribution in [0.5, 0.6) is 23.0 Å². The zero-order valence-corrected chi connectivity index (χ0v) is 37.0. The van der Waals surface area contributed by atoms with Gasteiger partial charge in [0.1, 0.15) is 39.6 Å². The fourth-order valence-corrected chi connectivity index (χ4v) is 9.88. The molecule has 1 aliphatic rings. The lowest BCUT2D eigenvalue weighted by Crippen LogP contribution is -2.67. The molecule has 2 atom stereocenters. The van der Waals surface area contributed by atoms with Crippen molar-refractivity contribution in [3.63, 3.8) is 0 Å². The Labute approximate surface area is 376 Å². The van der Waals surface area contributed by atoms with Crippen LogP contribution in [0.15, 0.2) is 158 Å². The maximum Gasteiger partial charge on any atom is 0.239 e. The Kier molecular flexibility index (Phi) is 14.1. The minimum Gasteiger partial charge on any atom is -0.496 e. The van der Waals surface area contributed by atoms with Crippen LogP contribution in [-0.2, 0) is 33.6 Å². The van der Waals surface area contributed by atoms with E-state index in [1.54, 1.807) is 77.7 Å². The van der Waals surface area contributed by atoms with Gasteiger partial charge in [-0.2, -0.15) is 0 Å². The molecule has 1 fully saturated rings. The summed E-state index contributed by atoms with van der Waals surface area (Å²) in [5.74, 6) is -0.0229. The van der Waals surface area contributed by atoms with Gasteiger partial charge in [0.2, 0.25) is 11.8 Å². The second-order valence-electron chi connectivity index (χ2n) is 16.5. The second kappa shape index (κ2) is 19.8. The third kappa shape index (κ3) is 8.43. The number of primary amides is 1. The van der Waals surface area contributed by atoms with Gasteiger partial charge in [0.15, 0.2) is 0 Å². The van der Waals surface area contributed by atoms with E-state index >= 15 is 4.79 Å². The summed E-state index contributed by atoms with van der Waals surface area (Å²) in [6, 6.07) is 45.1. The second-order valence-corrected chi connectivity index (χ2v) is 16.5. The number of aliphatic hydroxyl groups is 2. The van der Waals surface area contributed by atoms with Gasteiger partial charge in [-0.25, -0.2) is 0 Å². The van der Waals surface area contributed by atoms with E-state index < -0.39 is 40.5 Å². The highest BCUT2D eigenvalue weighted by Crippen LogP contribution is 2.52. The number of methoxy groups -OCH3 is 4. The summed E-state index contributed by atoms with van der Waals surface area (Å²) in [5, 5.41) is 29.1. The molecule has 10 heteroatoms. The van der Waals surface area contributed by atoms with Crippen molar-refractivity contribution in [2.45, 2.75) is 68.2 Å². The smallest absolute Gasteiger partial charge is 0.239 e. The normalized spacial score (nSPS) is 14.7. The number of benzene rings is 6. The molecule has 1 saturated carbocycles. The fraction of sp³-hybridized carbons (Fsp3) is 0.296. The molecule has 2 unspecified atom stereocenters. The standard InChI is InChI=1S/C54H58N2O8/c1-61-44-30-16-12-26-40(44)53(59,41-27-13-17-31-45(41)62-2)48(36-38-22-8-5-9-23-38)56(51(58)52(50(55)57)34-20-7-21-35-52)49(37-39-24-10-6-11-25-39)54(60,42-28-14-18-32-46(42)63-3)43-29-15-19-33-47(43)64-4/h5-6,8-19,22-33,48-49,59-60H,7,20-21,34-37H2,1-4H3,(H2,55,57). The maximum absolute atomic E-state index is 16.8. The Morgan fingerprint density at radius 1 is 0.516 bits per heavy atom. The van der Waals surface area contributed by atoms with Crippen molar-refractivity contribution in [3.05, 3.63) is 191 Å². The Hall–Kier alpha value is -6.62. The van der Waals surface area contributed by atoms with Gasteiger partial charge in [-0.3, -0.25) is 9.59 Å². The topological polar surface area (TPSA) is 141 Å². The summed E-state index contributed by atoms with van der Waals surface area (Å²) in [5.41, 5.74) is 3.26. The molecule has 10 nitrogen and oxygen atoms in total. The van der Waals surface area contributed by atoms with Gasteiger partial charge < -0.3 is 39.8 Å². The minimum atomic E-state index is -2.18. The molecule has 0 heterocycles. The summed E-state index contributed by atoms with van der Waals surface area (Å²) in [7, 11) is 6.12. The van der Waals surface area contributed by atoms with Gasteiger partial charge in [-0.15, -0.1) is 0 Å². The highest BCUT2D eigenvalue weighted by Gasteiger charge is 2.59. The third-order valence-electron chi connectivity index (χ3n) is 13.1. The number of hydrogen-bond acceptors (Lipinski definition) is 8. The molecular weight excluding hydrogens is 805 g/mol. The average molecular weight is 863 g/mol. The predicted octanol–water partition coefficient (Wildman–Crippen LogP) is 8.38. The lowest BCUT2D eigenvalue weighted by molar-refractivity contribution is -0.169. The number of carbonyl (C=O) groups excluding carboxylic acids is 2. The Morgan fingerprint density at radius 2 is 0.812 bits per heavy atom. The fourth-order valence-electron chi connectivity index (χ4n) is 9.88. The molecule has 1 aliphatic carbocycles. The van der Waals surface area contributed by atoms with Crippen LogP contribution < -0.4 is 24.7 Å². The minimum absolute atomic E-state index is 0.0211. The molecule has 2 amide bonds. The van der Waals surface area contributed by atoms with E-state index in [0.29, 0.717) is 58.1 Å². The summed E-state index contributed by atoms with van der Waals surface area (Å²) >= 11 is 0. The van der Waals surface area contributed by atoms with Crippen molar-refractivity contribution in [1.29, 1.82) is 0 Å². The summed E-state index contributed by atoms with van der Waals surface area (Å²) < 4.78 is 24.3. The van der Waals surface area contributed by atoms with Crippen molar-refractivity contribution < 1.29 is 38.7 Å². The van der Waals surface area contributed by atoms with Crippen LogP contribution in [0.2, 0.25) is 0 Å². The van der Waals surface area contributed by atoms with Crippen LogP contribution in [0, 0.1) is 5.41 Å². The SMILES string of the molecule is COc1ccccc1C(O)(c1ccccc1OC)C(Cc1ccccc1)N(C(=O)C1(C(N)=O)CCCCC1)C(Cc1ccccc1)C(O)(c1ccccc1OC)c1ccccc1OC. The molecule has 6 aromatic rings. The molecule has 6 aromatic carbocycles. The largest absolute Gasteiger partial charge is 0.496 e. The molecule has 0 saturated heterocycles. The molecule has 0 aromatic heterocycles. The molecule has 0 aliphatic heterocycles. The quantitative estimate of drug-likeness (QED) is 0.0733. The first-order valence-corrected chi connectivity index (χ1v) is 21.8. The van der Waals surface area contributed by atoms with Gasteiger partial charge in [-0.05, 0) is 61.1 Å². The van der Waals surface area contributed by atoms with Crippen LogP contribution in [-0.4, -0.2) is 67.5 Å². The van der Waals surface area contributed by atoms with Gasteiger partial charge in [-0.1, -0.05) is 153 Å². The van der Waals surface area contributed by atoms with Gasteiger partial charge >= 0.3 is 0 Å². The first-order valence-electron chi connectivity index (χ1n) is 21.8. The Balaban J connectivity index is 1.71. The van der Waals surface area contributed by atoms with Gasteiger partial charge in [0, 0.05) is 22.3 Å². The van der Waals surface area contributed by atoms with Crippen LogP contribution >= 0.6 is 0 Å². The monoisotopic (exact) mass is 862 g/mol. The average Bonchev–Trinajstić information content (AvgIpc) is 3.35. The zero-order valence-electron chi connectivity index (χ0n) is 37.0. The molecule has 332 valence electrons. The molecule has 0 spiro atoms. The number of amides is 2. The van der Waals surface area contributed by atoms with Crippen molar-refractivity contribution in [3.8, 4) is 23.0 Å². The summed E-state index contributed by atoms with van der Waals surface area (Å²) in [4.78, 5) is 32.8. The number of para-hydroxylation sites is 4. The van der Waals surface area contributed by atoms with E-state index in [2.05, 4.69) is 0 Å². The first-order chi connectivity index (χ1) is 31.1. The van der Waals surface area contributed by atoms with Gasteiger partial charge in [0.25, 0.3) is 0 Å². The first kappa shape index (κ1) is 45.4. The van der Waals surface area contributed by atoms with E-state index in [1.165, 1.54) is 28.4 Å². The highest BCUT2D eigenvalue weighted by molar-refractivity contribution is 6.05. The van der Waals surface area contributed by atoms with Crippen molar-refractivity contribution in [1.82, 2.24) is 4.90 Å².